The first-order valence-corrected chi connectivity index (χ1v) is 5.67. The molecule has 0 amide bonds. The molecule has 1 N–H and O–H groups in total. The van der Waals surface area contributed by atoms with E-state index in [9.17, 15) is 18.5 Å². The maximum absolute atomic E-state index is 10.6. The van der Waals surface area contributed by atoms with E-state index in [0.29, 0.717) is 0 Å². The highest BCUT2D eigenvalue weighted by Gasteiger charge is 2.15. The molecule has 8 heteroatoms. The molecule has 0 aromatic heterocycles. The predicted octanol–water partition coefficient (Wildman–Crippen LogP) is 1.49. The summed E-state index contributed by atoms with van der Waals surface area (Å²) in [6.07, 6.45) is 0. The molecular formula is C6H5ClN2O4S. The van der Waals surface area contributed by atoms with Gasteiger partial charge in [0.2, 0.25) is 0 Å². The van der Waals surface area contributed by atoms with E-state index in [4.69, 9.17) is 10.7 Å². The SMILES string of the molecule is O=[N+]([O-])c1ccccc1NS(=O)(=O)Cl. The average molecular weight is 237 g/mol. The van der Waals surface area contributed by atoms with Gasteiger partial charge in [-0.3, -0.25) is 14.8 Å². The first-order valence-electron chi connectivity index (χ1n) is 3.36. The highest BCUT2D eigenvalue weighted by atomic mass is 35.7. The molecule has 14 heavy (non-hydrogen) atoms. The van der Waals surface area contributed by atoms with Crippen molar-refractivity contribution in [3.8, 4) is 0 Å². The number of anilines is 1. The fourth-order valence-corrected chi connectivity index (χ4v) is 1.54. The lowest BCUT2D eigenvalue weighted by Crippen LogP contribution is -2.06. The normalized spacial score (nSPS) is 10.9. The van der Waals surface area contributed by atoms with Gasteiger partial charge in [-0.25, -0.2) is 0 Å². The number of nitro benzene ring substituents is 1. The van der Waals surface area contributed by atoms with Crippen molar-refractivity contribution in [1.82, 2.24) is 0 Å². The van der Waals surface area contributed by atoms with Gasteiger partial charge in [-0.15, -0.1) is 0 Å². The van der Waals surface area contributed by atoms with E-state index in [1.54, 1.807) is 0 Å². The Hall–Kier alpha value is -1.34. The molecule has 0 saturated carbocycles. The lowest BCUT2D eigenvalue weighted by atomic mass is 10.3. The maximum Gasteiger partial charge on any atom is 0.319 e. The minimum Gasteiger partial charge on any atom is -0.264 e. The van der Waals surface area contributed by atoms with Crippen molar-refractivity contribution in [3.63, 3.8) is 0 Å². The van der Waals surface area contributed by atoms with Gasteiger partial charge >= 0.3 is 9.24 Å². The van der Waals surface area contributed by atoms with Gasteiger partial charge < -0.3 is 0 Å². The summed E-state index contributed by atoms with van der Waals surface area (Å²) >= 11 is 0. The van der Waals surface area contributed by atoms with E-state index in [2.05, 4.69) is 0 Å². The summed E-state index contributed by atoms with van der Waals surface area (Å²) in [7, 11) is 0.867. The molecular weight excluding hydrogens is 232 g/mol. The van der Waals surface area contributed by atoms with Gasteiger partial charge in [0.15, 0.2) is 0 Å². The fourth-order valence-electron chi connectivity index (χ4n) is 0.850. The molecule has 1 aromatic carbocycles. The van der Waals surface area contributed by atoms with Gasteiger partial charge in [0.05, 0.1) is 4.92 Å². The third-order valence-electron chi connectivity index (χ3n) is 1.33. The summed E-state index contributed by atoms with van der Waals surface area (Å²) in [6.45, 7) is 0. The summed E-state index contributed by atoms with van der Waals surface area (Å²) < 4.78 is 23.0. The molecule has 0 fully saturated rings. The quantitative estimate of drug-likeness (QED) is 0.489. The molecule has 0 aliphatic heterocycles. The summed E-state index contributed by atoms with van der Waals surface area (Å²) in [5.74, 6) is 0. The van der Waals surface area contributed by atoms with Gasteiger partial charge in [0, 0.05) is 16.7 Å². The highest BCUT2D eigenvalue weighted by Crippen LogP contribution is 2.24. The number of hydrogen-bond acceptors (Lipinski definition) is 4. The van der Waals surface area contributed by atoms with Crippen LogP contribution in [0.25, 0.3) is 0 Å². The van der Waals surface area contributed by atoms with E-state index < -0.39 is 14.2 Å². The zero-order chi connectivity index (χ0) is 10.8. The van der Waals surface area contributed by atoms with Crippen molar-refractivity contribution in [2.45, 2.75) is 0 Å². The molecule has 1 rings (SSSR count). The Morgan fingerprint density at radius 2 is 1.93 bits per heavy atom. The minimum atomic E-state index is -4.02. The Kier molecular flexibility index (Phi) is 2.92. The summed E-state index contributed by atoms with van der Waals surface area (Å²) in [6, 6.07) is 5.30. The third-order valence-corrected chi connectivity index (χ3v) is 2.03. The molecule has 0 spiro atoms. The highest BCUT2D eigenvalue weighted by molar-refractivity contribution is 8.14. The number of rotatable bonds is 3. The summed E-state index contributed by atoms with van der Waals surface area (Å²) in [5, 5.41) is 10.4. The van der Waals surface area contributed by atoms with E-state index in [-0.39, 0.29) is 11.4 Å². The Morgan fingerprint density at radius 1 is 1.36 bits per heavy atom. The second-order valence-electron chi connectivity index (χ2n) is 2.31. The van der Waals surface area contributed by atoms with Gasteiger partial charge in [0.25, 0.3) is 5.69 Å². The number of halogens is 1. The molecule has 0 saturated heterocycles. The van der Waals surface area contributed by atoms with Crippen LogP contribution in [0.15, 0.2) is 24.3 Å². The molecule has 0 unspecified atom stereocenters. The van der Waals surface area contributed by atoms with Crippen LogP contribution in [-0.2, 0) is 9.24 Å². The fraction of sp³-hybridized carbons (Fsp3) is 0. The zero-order valence-corrected chi connectivity index (χ0v) is 8.25. The standard InChI is InChI=1S/C6H5ClN2O4S/c7-14(12,13)8-5-3-1-2-4-6(5)9(10)11/h1-4,8H. The number of nitro groups is 1. The van der Waals surface area contributed by atoms with Crippen LogP contribution in [-0.4, -0.2) is 13.3 Å². The molecule has 0 aliphatic carbocycles. The van der Waals surface area contributed by atoms with Crippen molar-refractivity contribution in [2.24, 2.45) is 0 Å². The predicted molar refractivity (Wildman–Crippen MR) is 51.5 cm³/mol. The second kappa shape index (κ2) is 3.81. The van der Waals surface area contributed by atoms with E-state index in [1.807, 2.05) is 4.72 Å². The average Bonchev–Trinajstić information content (AvgIpc) is 2.01. The molecule has 0 atom stereocenters. The van der Waals surface area contributed by atoms with E-state index in [1.165, 1.54) is 24.3 Å². The number of nitrogens with one attached hydrogen (secondary N) is 1. The molecule has 0 radical (unpaired) electrons. The third kappa shape index (κ3) is 2.86. The van der Waals surface area contributed by atoms with Crippen LogP contribution < -0.4 is 4.72 Å². The molecule has 0 heterocycles. The van der Waals surface area contributed by atoms with Crippen molar-refractivity contribution < 1.29 is 13.3 Å². The van der Waals surface area contributed by atoms with Crippen LogP contribution in [0, 0.1) is 10.1 Å². The van der Waals surface area contributed by atoms with Gasteiger partial charge in [-0.05, 0) is 6.07 Å². The van der Waals surface area contributed by atoms with Gasteiger partial charge in [0.1, 0.15) is 5.69 Å². The zero-order valence-electron chi connectivity index (χ0n) is 6.68. The van der Waals surface area contributed by atoms with Crippen molar-refractivity contribution >= 4 is 31.3 Å². The first kappa shape index (κ1) is 10.7. The van der Waals surface area contributed by atoms with E-state index >= 15 is 0 Å². The lowest BCUT2D eigenvalue weighted by Gasteiger charge is -2.01. The Bertz CT molecular complexity index is 459. The smallest absolute Gasteiger partial charge is 0.264 e. The summed E-state index contributed by atoms with van der Waals surface area (Å²) in [4.78, 5) is 9.73. The van der Waals surface area contributed by atoms with Crippen LogP contribution in [0.3, 0.4) is 0 Å². The topological polar surface area (TPSA) is 89.3 Å². The largest absolute Gasteiger partial charge is 0.319 e. The van der Waals surface area contributed by atoms with Crippen molar-refractivity contribution in [2.75, 3.05) is 4.72 Å². The Morgan fingerprint density at radius 3 is 2.43 bits per heavy atom. The number of benzene rings is 1. The van der Waals surface area contributed by atoms with Crippen molar-refractivity contribution in [1.29, 1.82) is 0 Å². The van der Waals surface area contributed by atoms with Gasteiger partial charge in [-0.1, -0.05) is 12.1 Å². The molecule has 0 aliphatic rings. The van der Waals surface area contributed by atoms with Crippen LogP contribution in [0.4, 0.5) is 11.4 Å². The second-order valence-corrected chi connectivity index (χ2v) is 4.61. The number of hydrogen-bond donors (Lipinski definition) is 1. The molecule has 6 nitrogen and oxygen atoms in total. The summed E-state index contributed by atoms with van der Waals surface area (Å²) in [5.41, 5.74) is -0.510. The van der Waals surface area contributed by atoms with Gasteiger partial charge in [-0.2, -0.15) is 8.42 Å². The maximum atomic E-state index is 10.6. The Balaban J connectivity index is 3.15. The van der Waals surface area contributed by atoms with Crippen LogP contribution in [0.2, 0.25) is 0 Å². The van der Waals surface area contributed by atoms with Crippen LogP contribution >= 0.6 is 10.7 Å². The lowest BCUT2D eigenvalue weighted by molar-refractivity contribution is -0.383. The van der Waals surface area contributed by atoms with Crippen LogP contribution in [0.5, 0.6) is 0 Å². The van der Waals surface area contributed by atoms with Crippen LogP contribution in [0.1, 0.15) is 0 Å². The number of para-hydroxylation sites is 2. The monoisotopic (exact) mass is 236 g/mol. The minimum absolute atomic E-state index is 0.160. The van der Waals surface area contributed by atoms with Crippen molar-refractivity contribution in [3.05, 3.63) is 34.4 Å². The number of nitrogens with zero attached hydrogens (tertiary/aromatic N) is 1. The molecule has 1 aromatic rings. The van der Waals surface area contributed by atoms with E-state index in [0.717, 1.165) is 0 Å². The first-order chi connectivity index (χ1) is 6.40. The molecule has 76 valence electrons. The Labute approximate surface area is 84.2 Å². The molecule has 0 bridgehead atoms.